The zero-order valence-electron chi connectivity index (χ0n) is 26.9. The van der Waals surface area contributed by atoms with Crippen molar-refractivity contribution >= 4 is 53.3 Å². The molecule has 0 bridgehead atoms. The lowest BCUT2D eigenvalue weighted by molar-refractivity contribution is 1.07. The number of thiophene rings is 1. The van der Waals surface area contributed by atoms with E-state index >= 15 is 0 Å². The van der Waals surface area contributed by atoms with Crippen molar-refractivity contribution < 1.29 is 0 Å². The number of benzene rings is 7. The molecule has 3 heterocycles. The van der Waals surface area contributed by atoms with E-state index in [-0.39, 0.29) is 0 Å². The first-order chi connectivity index (χ1) is 24.8. The molecule has 4 nitrogen and oxygen atoms in total. The predicted octanol–water partition coefficient (Wildman–Crippen LogP) is 12.0. The number of fused-ring (bicyclic) bond motifs is 7. The van der Waals surface area contributed by atoms with Crippen LogP contribution in [0.4, 0.5) is 0 Å². The molecule has 0 fully saturated rings. The van der Waals surface area contributed by atoms with Gasteiger partial charge in [0.2, 0.25) is 0 Å². The molecule has 0 aliphatic rings. The molecule has 0 aliphatic carbocycles. The lowest BCUT2D eigenvalue weighted by Crippen LogP contribution is -2.00. The van der Waals surface area contributed by atoms with Crippen LogP contribution < -0.4 is 0 Å². The lowest BCUT2D eigenvalue weighted by atomic mass is 10.0. The Morgan fingerprint density at radius 3 is 1.56 bits per heavy atom. The Morgan fingerprint density at radius 1 is 0.380 bits per heavy atom. The Balaban J connectivity index is 1.23. The second-order valence-corrected chi connectivity index (χ2v) is 13.5. The summed E-state index contributed by atoms with van der Waals surface area (Å²) < 4.78 is 4.97. The first-order valence-electron chi connectivity index (χ1n) is 16.7. The molecule has 0 saturated carbocycles. The average Bonchev–Trinajstić information content (AvgIpc) is 3.74. The molecule has 0 aliphatic heterocycles. The van der Waals surface area contributed by atoms with Gasteiger partial charge in [0.15, 0.2) is 17.5 Å². The molecule has 0 atom stereocenters. The van der Waals surface area contributed by atoms with E-state index in [4.69, 9.17) is 15.0 Å². The Bertz CT molecular complexity index is 2780. The molecular formula is C45H28N4S. The minimum absolute atomic E-state index is 0.643. The quantitative estimate of drug-likeness (QED) is 0.185. The van der Waals surface area contributed by atoms with Gasteiger partial charge in [-0.05, 0) is 47.5 Å². The van der Waals surface area contributed by atoms with Crippen LogP contribution in [0.25, 0.3) is 93.0 Å². The Kier molecular flexibility index (Phi) is 6.64. The summed E-state index contributed by atoms with van der Waals surface area (Å²) in [5.74, 6) is 1.95. The van der Waals surface area contributed by atoms with Gasteiger partial charge >= 0.3 is 0 Å². The van der Waals surface area contributed by atoms with Crippen LogP contribution in [-0.4, -0.2) is 19.5 Å². The van der Waals surface area contributed by atoms with E-state index in [0.717, 1.165) is 27.9 Å². The minimum Gasteiger partial charge on any atom is -0.309 e. The fourth-order valence-corrected chi connectivity index (χ4v) is 8.32. The molecule has 234 valence electrons. The molecule has 10 rings (SSSR count). The fraction of sp³-hybridized carbons (Fsp3) is 0. The summed E-state index contributed by atoms with van der Waals surface area (Å²) in [4.78, 5) is 15.0. The fourth-order valence-electron chi connectivity index (χ4n) is 7.08. The molecule has 0 N–H and O–H groups in total. The molecule has 3 aromatic heterocycles. The topological polar surface area (TPSA) is 43.6 Å². The monoisotopic (exact) mass is 656 g/mol. The minimum atomic E-state index is 0.643. The smallest absolute Gasteiger partial charge is 0.164 e. The summed E-state index contributed by atoms with van der Waals surface area (Å²) in [6, 6.07) is 59.6. The molecule has 5 heteroatoms. The summed E-state index contributed by atoms with van der Waals surface area (Å²) in [7, 11) is 0. The summed E-state index contributed by atoms with van der Waals surface area (Å²) in [6.07, 6.45) is 0. The Hall–Kier alpha value is -6.43. The molecular weight excluding hydrogens is 629 g/mol. The van der Waals surface area contributed by atoms with Crippen molar-refractivity contribution in [3.63, 3.8) is 0 Å². The number of hydrogen-bond donors (Lipinski definition) is 0. The lowest BCUT2D eigenvalue weighted by Gasteiger charge is -2.10. The van der Waals surface area contributed by atoms with Gasteiger partial charge in [-0.3, -0.25) is 0 Å². The van der Waals surface area contributed by atoms with Gasteiger partial charge < -0.3 is 4.57 Å². The molecule has 50 heavy (non-hydrogen) atoms. The van der Waals surface area contributed by atoms with E-state index < -0.39 is 0 Å². The van der Waals surface area contributed by atoms with E-state index in [0.29, 0.717) is 17.5 Å². The highest BCUT2D eigenvalue weighted by molar-refractivity contribution is 7.26. The van der Waals surface area contributed by atoms with Gasteiger partial charge in [0, 0.05) is 53.3 Å². The van der Waals surface area contributed by atoms with Crippen LogP contribution in [0.2, 0.25) is 0 Å². The number of para-hydroxylation sites is 1. The number of nitrogens with zero attached hydrogens (tertiary/aromatic N) is 4. The van der Waals surface area contributed by atoms with E-state index in [2.05, 4.69) is 114 Å². The van der Waals surface area contributed by atoms with Gasteiger partial charge in [-0.1, -0.05) is 133 Å². The van der Waals surface area contributed by atoms with Crippen molar-refractivity contribution in [2.24, 2.45) is 0 Å². The summed E-state index contributed by atoms with van der Waals surface area (Å²) in [5.41, 5.74) is 8.71. The van der Waals surface area contributed by atoms with Crippen LogP contribution in [0.15, 0.2) is 170 Å². The number of hydrogen-bond acceptors (Lipinski definition) is 4. The first kappa shape index (κ1) is 28.6. The third-order valence-electron chi connectivity index (χ3n) is 9.45. The maximum Gasteiger partial charge on any atom is 0.164 e. The van der Waals surface area contributed by atoms with Gasteiger partial charge in [0.05, 0.1) is 11.0 Å². The highest BCUT2D eigenvalue weighted by Gasteiger charge is 2.20. The third kappa shape index (κ3) is 4.71. The van der Waals surface area contributed by atoms with Crippen molar-refractivity contribution in [1.29, 1.82) is 0 Å². The highest BCUT2D eigenvalue weighted by atomic mass is 32.1. The number of aromatic nitrogens is 4. The molecule has 0 radical (unpaired) electrons. The normalized spacial score (nSPS) is 11.6. The average molecular weight is 657 g/mol. The van der Waals surface area contributed by atoms with Crippen LogP contribution >= 0.6 is 11.3 Å². The largest absolute Gasteiger partial charge is 0.309 e. The van der Waals surface area contributed by atoms with E-state index in [1.54, 1.807) is 0 Å². The Morgan fingerprint density at radius 2 is 0.920 bits per heavy atom. The summed E-state index contributed by atoms with van der Waals surface area (Å²) in [5, 5.41) is 5.04. The van der Waals surface area contributed by atoms with Crippen molar-refractivity contribution in [3.8, 4) is 51.0 Å². The molecule has 7 aromatic carbocycles. The second-order valence-electron chi connectivity index (χ2n) is 12.5. The maximum atomic E-state index is 5.05. The molecule has 0 spiro atoms. The zero-order valence-corrected chi connectivity index (χ0v) is 27.7. The van der Waals surface area contributed by atoms with Crippen molar-refractivity contribution in [2.45, 2.75) is 0 Å². The molecule has 10 aromatic rings. The van der Waals surface area contributed by atoms with Gasteiger partial charge in [0.1, 0.15) is 0 Å². The first-order valence-corrected chi connectivity index (χ1v) is 17.5. The second kappa shape index (κ2) is 11.6. The highest BCUT2D eigenvalue weighted by Crippen LogP contribution is 2.44. The van der Waals surface area contributed by atoms with E-state index in [9.17, 15) is 0 Å². The van der Waals surface area contributed by atoms with E-state index in [1.807, 2.05) is 72.0 Å². The van der Waals surface area contributed by atoms with E-state index in [1.165, 1.54) is 47.6 Å². The summed E-state index contributed by atoms with van der Waals surface area (Å²) >= 11 is 1.87. The van der Waals surface area contributed by atoms with Crippen LogP contribution in [0, 0.1) is 0 Å². The molecule has 0 unspecified atom stereocenters. The van der Waals surface area contributed by atoms with Crippen LogP contribution in [0.3, 0.4) is 0 Å². The van der Waals surface area contributed by atoms with Crippen molar-refractivity contribution in [3.05, 3.63) is 170 Å². The predicted molar refractivity (Wildman–Crippen MR) is 209 cm³/mol. The van der Waals surface area contributed by atoms with Crippen LogP contribution in [0.5, 0.6) is 0 Å². The zero-order chi connectivity index (χ0) is 33.0. The summed E-state index contributed by atoms with van der Waals surface area (Å²) in [6.45, 7) is 0. The van der Waals surface area contributed by atoms with Crippen molar-refractivity contribution in [1.82, 2.24) is 19.5 Å². The SMILES string of the molecule is c1ccc(-c2ccc3sc4c(ccc5c4c4ccc(-c6nc(-c7ccccc7)nc(-c7ccccc7)n6)cc4n5-c4ccccc4)c3c2)cc1. The van der Waals surface area contributed by atoms with Gasteiger partial charge in [-0.2, -0.15) is 0 Å². The molecule has 0 amide bonds. The van der Waals surface area contributed by atoms with Gasteiger partial charge in [0.25, 0.3) is 0 Å². The van der Waals surface area contributed by atoms with Gasteiger partial charge in [-0.25, -0.2) is 15.0 Å². The van der Waals surface area contributed by atoms with Crippen molar-refractivity contribution in [2.75, 3.05) is 0 Å². The molecule has 0 saturated heterocycles. The van der Waals surface area contributed by atoms with Crippen LogP contribution in [-0.2, 0) is 0 Å². The third-order valence-corrected chi connectivity index (χ3v) is 10.6. The van der Waals surface area contributed by atoms with Gasteiger partial charge in [-0.15, -0.1) is 11.3 Å². The number of rotatable bonds is 5. The maximum absolute atomic E-state index is 5.05. The standard InChI is InChI=1S/C45H28N4S/c1-5-13-29(14-6-1)32-22-26-40-37(27-32)35-24-25-38-41(42(35)50-40)36-23-21-33(28-39(36)49(38)34-19-11-4-12-20-34)45-47-43(30-15-7-2-8-16-30)46-44(48-45)31-17-9-3-10-18-31/h1-28H. The Labute approximate surface area is 292 Å². The van der Waals surface area contributed by atoms with Crippen LogP contribution in [0.1, 0.15) is 0 Å².